The Morgan fingerprint density at radius 1 is 0.759 bits per heavy atom. The molecule has 0 heterocycles. The molecule has 5 N–H and O–H groups in total. The molecule has 0 aliphatic carbocycles. The van der Waals surface area contributed by atoms with Crippen LogP contribution in [0.4, 0.5) is 0 Å². The molecule has 29 heavy (non-hydrogen) atoms. The van der Waals surface area contributed by atoms with Gasteiger partial charge in [-0.05, 0) is 47.5 Å². The summed E-state index contributed by atoms with van der Waals surface area (Å²) in [6.45, 7) is 0. The molecule has 0 aliphatic rings. The summed E-state index contributed by atoms with van der Waals surface area (Å²) in [7, 11) is 0. The Labute approximate surface area is 165 Å². The molecule has 1 atom stereocenters. The fraction of sp³-hybridized carbons (Fsp3) is 0.0952. The van der Waals surface area contributed by atoms with Gasteiger partial charge in [0.2, 0.25) is 0 Å². The number of phenols is 4. The lowest BCUT2D eigenvalue weighted by molar-refractivity contribution is -0.146. The summed E-state index contributed by atoms with van der Waals surface area (Å²) in [5, 5.41) is 46.6. The highest BCUT2D eigenvalue weighted by Gasteiger charge is 2.26. The summed E-state index contributed by atoms with van der Waals surface area (Å²) in [5.74, 6) is -5.91. The first-order valence-corrected chi connectivity index (χ1v) is 8.37. The van der Waals surface area contributed by atoms with Gasteiger partial charge in [-0.3, -0.25) is 14.4 Å². The summed E-state index contributed by atoms with van der Waals surface area (Å²) in [6, 6.07) is 7.70. The van der Waals surface area contributed by atoms with Crippen molar-refractivity contribution in [2.75, 3.05) is 0 Å². The van der Waals surface area contributed by atoms with Crippen molar-refractivity contribution in [3.8, 4) is 23.0 Å². The van der Waals surface area contributed by atoms with Crippen LogP contribution in [-0.2, 0) is 14.4 Å². The van der Waals surface area contributed by atoms with Crippen molar-refractivity contribution < 1.29 is 39.9 Å². The summed E-state index contributed by atoms with van der Waals surface area (Å²) in [4.78, 5) is 35.6. The Bertz CT molecular complexity index is 1000. The predicted molar refractivity (Wildman–Crippen MR) is 103 cm³/mol. The number of carbonyl (C=O) groups excluding carboxylic acids is 2. The van der Waals surface area contributed by atoms with Crippen LogP contribution >= 0.6 is 0 Å². The van der Waals surface area contributed by atoms with Crippen molar-refractivity contribution in [3.63, 3.8) is 0 Å². The molecule has 8 nitrogen and oxygen atoms in total. The normalized spacial score (nSPS) is 12.3. The molecule has 0 saturated heterocycles. The second-order valence-corrected chi connectivity index (χ2v) is 6.13. The van der Waals surface area contributed by atoms with E-state index >= 15 is 0 Å². The molecular formula is C21H18O8. The quantitative estimate of drug-likeness (QED) is 0.258. The number of aliphatic carboxylic acids is 1. The van der Waals surface area contributed by atoms with E-state index in [-0.39, 0.29) is 17.2 Å². The SMILES string of the molecule is O=C(/C=C/c1ccc(O)c(O)c1)C[C@H](C(=O)O)C(=O)/C=C/c1ccc(O)c(O)c1. The van der Waals surface area contributed by atoms with Crippen molar-refractivity contribution in [2.45, 2.75) is 6.42 Å². The number of carbonyl (C=O) groups is 3. The van der Waals surface area contributed by atoms with E-state index in [1.807, 2.05) is 0 Å². The van der Waals surface area contributed by atoms with Crippen molar-refractivity contribution in [2.24, 2.45) is 5.92 Å². The largest absolute Gasteiger partial charge is 0.504 e. The van der Waals surface area contributed by atoms with Gasteiger partial charge < -0.3 is 25.5 Å². The summed E-state index contributed by atoms with van der Waals surface area (Å²) in [6.07, 6.45) is 4.08. The molecule has 0 aliphatic heterocycles. The molecule has 0 radical (unpaired) electrons. The maximum atomic E-state index is 12.2. The molecule has 8 heteroatoms. The monoisotopic (exact) mass is 398 g/mol. The Morgan fingerprint density at radius 3 is 1.69 bits per heavy atom. The number of hydrogen-bond donors (Lipinski definition) is 5. The molecule has 150 valence electrons. The molecule has 2 aromatic carbocycles. The Morgan fingerprint density at radius 2 is 1.24 bits per heavy atom. The van der Waals surface area contributed by atoms with Crippen LogP contribution in [0.3, 0.4) is 0 Å². The van der Waals surface area contributed by atoms with Crippen LogP contribution in [0.5, 0.6) is 23.0 Å². The molecule has 0 spiro atoms. The molecule has 2 aromatic rings. The zero-order valence-electron chi connectivity index (χ0n) is 15.0. The number of carboxylic acids is 1. The van der Waals surface area contributed by atoms with Gasteiger partial charge in [0, 0.05) is 6.42 Å². The van der Waals surface area contributed by atoms with Gasteiger partial charge in [-0.2, -0.15) is 0 Å². The van der Waals surface area contributed by atoms with Crippen LogP contribution in [-0.4, -0.2) is 43.1 Å². The zero-order valence-corrected chi connectivity index (χ0v) is 15.0. The van der Waals surface area contributed by atoms with Gasteiger partial charge in [0.15, 0.2) is 34.6 Å². The lowest BCUT2D eigenvalue weighted by atomic mass is 9.96. The molecule has 0 amide bonds. The maximum Gasteiger partial charge on any atom is 0.314 e. The summed E-state index contributed by atoms with van der Waals surface area (Å²) in [5.41, 5.74) is 0.759. The molecule has 0 fully saturated rings. The van der Waals surface area contributed by atoms with Crippen LogP contribution in [0.1, 0.15) is 17.5 Å². The Kier molecular flexibility index (Phi) is 6.75. The van der Waals surface area contributed by atoms with Gasteiger partial charge in [0.25, 0.3) is 0 Å². The molecule has 0 bridgehead atoms. The standard InChI is InChI=1S/C21H18O8/c22-14(5-1-12-3-7-17(24)19(26)9-12)11-15(21(28)29)16(23)6-2-13-4-8-18(25)20(27)10-13/h1-10,15,24-27H,11H2,(H,28,29)/b5-1+,6-2+/t15-/m0/s1. The highest BCUT2D eigenvalue weighted by atomic mass is 16.4. The summed E-state index contributed by atoms with van der Waals surface area (Å²) < 4.78 is 0. The van der Waals surface area contributed by atoms with Gasteiger partial charge in [-0.1, -0.05) is 24.3 Å². The van der Waals surface area contributed by atoms with Gasteiger partial charge in [-0.25, -0.2) is 0 Å². The first-order valence-electron chi connectivity index (χ1n) is 8.37. The topological polar surface area (TPSA) is 152 Å². The predicted octanol–water partition coefficient (Wildman–Crippen LogP) is 2.46. The number of hydrogen-bond acceptors (Lipinski definition) is 7. The van der Waals surface area contributed by atoms with Crippen LogP contribution in [0.15, 0.2) is 48.6 Å². The van der Waals surface area contributed by atoms with Crippen molar-refractivity contribution in [3.05, 3.63) is 59.7 Å². The van der Waals surface area contributed by atoms with Gasteiger partial charge in [0.1, 0.15) is 5.92 Å². The van der Waals surface area contributed by atoms with E-state index in [2.05, 4.69) is 0 Å². The number of phenolic OH excluding ortho intramolecular Hbond substituents is 4. The minimum Gasteiger partial charge on any atom is -0.504 e. The number of aromatic hydroxyl groups is 4. The summed E-state index contributed by atoms with van der Waals surface area (Å²) >= 11 is 0. The van der Waals surface area contributed by atoms with Crippen LogP contribution in [0.25, 0.3) is 12.2 Å². The Hall–Kier alpha value is -4.07. The van der Waals surface area contributed by atoms with Gasteiger partial charge in [0.05, 0.1) is 0 Å². The van der Waals surface area contributed by atoms with E-state index < -0.39 is 35.6 Å². The lowest BCUT2D eigenvalue weighted by Gasteiger charge is -2.06. The number of rotatable bonds is 8. The zero-order chi connectivity index (χ0) is 21.6. The van der Waals surface area contributed by atoms with Crippen LogP contribution < -0.4 is 0 Å². The average molecular weight is 398 g/mol. The minimum atomic E-state index is -1.60. The highest BCUT2D eigenvalue weighted by Crippen LogP contribution is 2.26. The number of carboxylic acid groups (broad SMARTS) is 1. The molecular weight excluding hydrogens is 380 g/mol. The molecule has 0 saturated carbocycles. The van der Waals surface area contributed by atoms with Crippen molar-refractivity contribution >= 4 is 29.7 Å². The second kappa shape index (κ2) is 9.23. The maximum absolute atomic E-state index is 12.2. The number of benzene rings is 2. The molecule has 0 unspecified atom stereocenters. The third-order valence-electron chi connectivity index (χ3n) is 3.95. The van der Waals surface area contributed by atoms with Crippen LogP contribution in [0.2, 0.25) is 0 Å². The number of allylic oxidation sites excluding steroid dienone is 2. The second-order valence-electron chi connectivity index (χ2n) is 6.13. The third-order valence-corrected chi connectivity index (χ3v) is 3.95. The van der Waals surface area contributed by atoms with E-state index in [0.717, 1.165) is 12.2 Å². The first kappa shape index (κ1) is 21.2. The van der Waals surface area contributed by atoms with E-state index in [9.17, 15) is 39.9 Å². The molecule has 2 rings (SSSR count). The smallest absolute Gasteiger partial charge is 0.314 e. The Balaban J connectivity index is 2.06. The van der Waals surface area contributed by atoms with Gasteiger partial charge >= 0.3 is 5.97 Å². The number of ketones is 2. The fourth-order valence-electron chi connectivity index (χ4n) is 2.35. The third kappa shape index (κ3) is 5.96. The van der Waals surface area contributed by atoms with E-state index in [1.165, 1.54) is 48.6 Å². The van der Waals surface area contributed by atoms with Crippen molar-refractivity contribution in [1.29, 1.82) is 0 Å². The average Bonchev–Trinajstić information content (AvgIpc) is 2.67. The van der Waals surface area contributed by atoms with Crippen LogP contribution in [0, 0.1) is 5.92 Å². The van der Waals surface area contributed by atoms with Gasteiger partial charge in [-0.15, -0.1) is 0 Å². The first-order chi connectivity index (χ1) is 13.7. The minimum absolute atomic E-state index is 0.321. The van der Waals surface area contributed by atoms with E-state index in [0.29, 0.717) is 11.1 Å². The lowest BCUT2D eigenvalue weighted by Crippen LogP contribution is -2.24. The fourth-order valence-corrected chi connectivity index (χ4v) is 2.35. The van der Waals surface area contributed by atoms with Crippen molar-refractivity contribution in [1.82, 2.24) is 0 Å². The molecule has 0 aromatic heterocycles. The van der Waals surface area contributed by atoms with E-state index in [4.69, 9.17) is 0 Å². The highest BCUT2D eigenvalue weighted by molar-refractivity contribution is 6.10. The van der Waals surface area contributed by atoms with E-state index in [1.54, 1.807) is 0 Å².